The van der Waals surface area contributed by atoms with Gasteiger partial charge in [0.25, 0.3) is 0 Å². The Morgan fingerprint density at radius 2 is 2.12 bits per heavy atom. The van der Waals surface area contributed by atoms with Gasteiger partial charge in [-0.15, -0.1) is 0 Å². The van der Waals surface area contributed by atoms with Crippen molar-refractivity contribution >= 4 is 34.4 Å². The van der Waals surface area contributed by atoms with E-state index < -0.39 is 0 Å². The predicted octanol–water partition coefficient (Wildman–Crippen LogP) is 3.41. The van der Waals surface area contributed by atoms with E-state index in [1.807, 2.05) is 35.1 Å². The summed E-state index contributed by atoms with van der Waals surface area (Å²) >= 11 is 1.67. The van der Waals surface area contributed by atoms with Gasteiger partial charge >= 0.3 is 0 Å². The Morgan fingerprint density at radius 3 is 2.92 bits per heavy atom. The van der Waals surface area contributed by atoms with Crippen LogP contribution in [-0.2, 0) is 17.1 Å². The van der Waals surface area contributed by atoms with E-state index in [-0.39, 0.29) is 12.5 Å². The standard InChI is InChI=1S/C18H16N4OS/c1-24-12-17-21-15-7-2-3-8-16(15)22(17)11-18(23)20-14-6-4-5-13(9-14)10-19/h2-9H,11-12H2,1H3,(H,20,23). The summed E-state index contributed by atoms with van der Waals surface area (Å²) in [5.74, 6) is 1.48. The van der Waals surface area contributed by atoms with Gasteiger partial charge in [0.1, 0.15) is 12.4 Å². The summed E-state index contributed by atoms with van der Waals surface area (Å²) in [6.07, 6.45) is 2.01. The number of imidazole rings is 1. The Hall–Kier alpha value is -2.78. The summed E-state index contributed by atoms with van der Waals surface area (Å²) in [6.45, 7) is 0.188. The largest absolute Gasteiger partial charge is 0.324 e. The minimum Gasteiger partial charge on any atom is -0.324 e. The summed E-state index contributed by atoms with van der Waals surface area (Å²) < 4.78 is 1.94. The Balaban J connectivity index is 1.84. The molecule has 0 saturated heterocycles. The van der Waals surface area contributed by atoms with Gasteiger partial charge in [-0.2, -0.15) is 17.0 Å². The molecule has 3 aromatic rings. The molecule has 0 aliphatic carbocycles. The van der Waals surface area contributed by atoms with Crippen LogP contribution in [0.15, 0.2) is 48.5 Å². The number of hydrogen-bond acceptors (Lipinski definition) is 4. The highest BCUT2D eigenvalue weighted by Crippen LogP contribution is 2.19. The second-order valence-electron chi connectivity index (χ2n) is 5.28. The third-order valence-corrected chi connectivity index (χ3v) is 4.13. The first kappa shape index (κ1) is 16.1. The summed E-state index contributed by atoms with van der Waals surface area (Å²) in [5.41, 5.74) is 2.97. The van der Waals surface area contributed by atoms with Crippen molar-refractivity contribution in [1.29, 1.82) is 5.26 Å². The molecular formula is C18H16N4OS. The van der Waals surface area contributed by atoms with Crippen molar-refractivity contribution in [3.05, 3.63) is 59.9 Å². The molecule has 0 fully saturated rings. The van der Waals surface area contributed by atoms with Crippen molar-refractivity contribution in [3.8, 4) is 6.07 Å². The van der Waals surface area contributed by atoms with E-state index in [1.54, 1.807) is 36.0 Å². The molecular weight excluding hydrogens is 320 g/mol. The molecule has 2 aromatic carbocycles. The topological polar surface area (TPSA) is 70.7 Å². The number of para-hydroxylation sites is 2. The number of thioether (sulfide) groups is 1. The molecule has 0 atom stereocenters. The molecule has 0 bridgehead atoms. The van der Waals surface area contributed by atoms with Crippen molar-refractivity contribution < 1.29 is 4.79 Å². The molecule has 1 amide bonds. The molecule has 0 spiro atoms. The SMILES string of the molecule is CSCc1nc2ccccc2n1CC(=O)Nc1cccc(C#N)c1. The highest BCUT2D eigenvalue weighted by atomic mass is 32.2. The first-order valence-corrected chi connectivity index (χ1v) is 8.83. The Morgan fingerprint density at radius 1 is 1.29 bits per heavy atom. The second-order valence-corrected chi connectivity index (χ2v) is 6.14. The smallest absolute Gasteiger partial charge is 0.244 e. The monoisotopic (exact) mass is 336 g/mol. The van der Waals surface area contributed by atoms with Gasteiger partial charge in [-0.25, -0.2) is 4.98 Å². The van der Waals surface area contributed by atoms with Gasteiger partial charge < -0.3 is 9.88 Å². The molecule has 5 nitrogen and oxygen atoms in total. The lowest BCUT2D eigenvalue weighted by atomic mass is 10.2. The summed E-state index contributed by atoms with van der Waals surface area (Å²) in [7, 11) is 0. The lowest BCUT2D eigenvalue weighted by Crippen LogP contribution is -2.20. The molecule has 1 N–H and O–H groups in total. The van der Waals surface area contributed by atoms with Crippen LogP contribution in [0.1, 0.15) is 11.4 Å². The Bertz CT molecular complexity index is 926. The van der Waals surface area contributed by atoms with E-state index in [9.17, 15) is 4.79 Å². The normalized spacial score (nSPS) is 10.5. The van der Waals surface area contributed by atoms with Crippen molar-refractivity contribution in [3.63, 3.8) is 0 Å². The number of fused-ring (bicyclic) bond motifs is 1. The number of nitriles is 1. The van der Waals surface area contributed by atoms with E-state index in [1.165, 1.54) is 0 Å². The fourth-order valence-electron chi connectivity index (χ4n) is 2.55. The number of carbonyl (C=O) groups is 1. The summed E-state index contributed by atoms with van der Waals surface area (Å²) in [6, 6.07) is 16.8. The number of nitrogens with one attached hydrogen (secondary N) is 1. The Kier molecular flexibility index (Phi) is 4.82. The number of nitrogens with zero attached hydrogens (tertiary/aromatic N) is 3. The first-order valence-electron chi connectivity index (χ1n) is 7.44. The van der Waals surface area contributed by atoms with Crippen LogP contribution in [0.25, 0.3) is 11.0 Å². The van der Waals surface area contributed by atoms with Crippen molar-refractivity contribution in [2.24, 2.45) is 0 Å². The molecule has 3 rings (SSSR count). The molecule has 1 heterocycles. The molecule has 0 saturated carbocycles. The zero-order valence-electron chi connectivity index (χ0n) is 13.2. The number of benzene rings is 2. The van der Waals surface area contributed by atoms with Crippen LogP contribution in [0.5, 0.6) is 0 Å². The average Bonchev–Trinajstić information content (AvgIpc) is 2.93. The zero-order valence-corrected chi connectivity index (χ0v) is 14.0. The van der Waals surface area contributed by atoms with E-state index in [0.29, 0.717) is 11.3 Å². The number of amides is 1. The molecule has 0 aliphatic heterocycles. The number of anilines is 1. The number of carbonyl (C=O) groups excluding carboxylic acids is 1. The molecule has 0 radical (unpaired) electrons. The predicted molar refractivity (Wildman–Crippen MR) is 96.7 cm³/mol. The average molecular weight is 336 g/mol. The van der Waals surface area contributed by atoms with Crippen LogP contribution < -0.4 is 5.32 Å². The highest BCUT2D eigenvalue weighted by Gasteiger charge is 2.13. The highest BCUT2D eigenvalue weighted by molar-refractivity contribution is 7.97. The van der Waals surface area contributed by atoms with Crippen LogP contribution in [0.3, 0.4) is 0 Å². The quantitative estimate of drug-likeness (QED) is 0.775. The molecule has 120 valence electrons. The maximum atomic E-state index is 12.4. The van der Waals surface area contributed by atoms with Gasteiger partial charge in [-0.1, -0.05) is 18.2 Å². The zero-order chi connectivity index (χ0) is 16.9. The number of hydrogen-bond donors (Lipinski definition) is 1. The van der Waals surface area contributed by atoms with Gasteiger partial charge in [0.05, 0.1) is 28.4 Å². The minimum atomic E-state index is -0.143. The lowest BCUT2D eigenvalue weighted by molar-refractivity contribution is -0.116. The van der Waals surface area contributed by atoms with E-state index in [4.69, 9.17) is 5.26 Å². The molecule has 1 aromatic heterocycles. The van der Waals surface area contributed by atoms with Gasteiger partial charge in [0.2, 0.25) is 5.91 Å². The Labute approximate surface area is 144 Å². The van der Waals surface area contributed by atoms with Crippen LogP contribution in [0, 0.1) is 11.3 Å². The van der Waals surface area contributed by atoms with Crippen LogP contribution in [-0.4, -0.2) is 21.7 Å². The molecule has 0 unspecified atom stereocenters. The third kappa shape index (κ3) is 3.42. The van der Waals surface area contributed by atoms with E-state index in [2.05, 4.69) is 16.4 Å². The van der Waals surface area contributed by atoms with Crippen molar-refractivity contribution in [2.45, 2.75) is 12.3 Å². The molecule has 24 heavy (non-hydrogen) atoms. The van der Waals surface area contributed by atoms with E-state index in [0.717, 1.165) is 22.6 Å². The number of aromatic nitrogens is 2. The van der Waals surface area contributed by atoms with Gasteiger partial charge in [-0.05, 0) is 36.6 Å². The molecule has 6 heteroatoms. The fourth-order valence-corrected chi connectivity index (χ4v) is 3.03. The van der Waals surface area contributed by atoms with Crippen LogP contribution >= 0.6 is 11.8 Å². The van der Waals surface area contributed by atoms with Crippen LogP contribution in [0.4, 0.5) is 5.69 Å². The van der Waals surface area contributed by atoms with Gasteiger partial charge in [-0.3, -0.25) is 4.79 Å². The fraction of sp³-hybridized carbons (Fsp3) is 0.167. The lowest BCUT2D eigenvalue weighted by Gasteiger charge is -2.10. The maximum Gasteiger partial charge on any atom is 0.244 e. The van der Waals surface area contributed by atoms with Crippen molar-refractivity contribution in [1.82, 2.24) is 9.55 Å². The maximum absolute atomic E-state index is 12.4. The van der Waals surface area contributed by atoms with Gasteiger partial charge in [0.15, 0.2) is 0 Å². The number of rotatable bonds is 5. The van der Waals surface area contributed by atoms with Crippen LogP contribution in [0.2, 0.25) is 0 Å². The second kappa shape index (κ2) is 7.20. The minimum absolute atomic E-state index is 0.143. The summed E-state index contributed by atoms with van der Waals surface area (Å²) in [4.78, 5) is 17.0. The van der Waals surface area contributed by atoms with Gasteiger partial charge in [0, 0.05) is 5.69 Å². The molecule has 0 aliphatic rings. The third-order valence-electron chi connectivity index (χ3n) is 3.58. The van der Waals surface area contributed by atoms with E-state index >= 15 is 0 Å². The first-order chi connectivity index (χ1) is 11.7. The summed E-state index contributed by atoms with van der Waals surface area (Å²) in [5, 5.41) is 11.8. The van der Waals surface area contributed by atoms with Crippen molar-refractivity contribution in [2.75, 3.05) is 11.6 Å².